The maximum Gasteiger partial charge on any atom is 0.224 e. The molecule has 0 aliphatic carbocycles. The number of ether oxygens (including phenoxy) is 1. The maximum atomic E-state index is 12.3. The fraction of sp³-hybridized carbons (Fsp3) is 0.652. The van der Waals surface area contributed by atoms with E-state index in [1.54, 1.807) is 0 Å². The number of nitrogens with zero attached hydrogens (tertiary/aromatic N) is 4. The second-order valence-corrected chi connectivity index (χ2v) is 7.89. The third-order valence-electron chi connectivity index (χ3n) is 5.98. The lowest BCUT2D eigenvalue weighted by molar-refractivity contribution is -0.130. The second-order valence-electron chi connectivity index (χ2n) is 7.89. The van der Waals surface area contributed by atoms with E-state index in [-0.39, 0.29) is 12.0 Å². The Balaban J connectivity index is 1.61. The zero-order valence-corrected chi connectivity index (χ0v) is 18.7. The van der Waals surface area contributed by atoms with Crippen molar-refractivity contribution >= 4 is 11.9 Å². The topological polar surface area (TPSA) is 60.4 Å². The Kier molecular flexibility index (Phi) is 8.51. The number of carbonyl (C=O) groups is 1. The SMILES string of the molecule is CCNC(=NCCC(=O)N(CC)CC)N1CC2OCCN(Cc3ccccc3)C2C1. The maximum absolute atomic E-state index is 12.3. The van der Waals surface area contributed by atoms with Crippen LogP contribution in [0.3, 0.4) is 0 Å². The van der Waals surface area contributed by atoms with Crippen LogP contribution in [-0.2, 0) is 16.1 Å². The number of benzene rings is 1. The number of nitrogens with one attached hydrogen (secondary N) is 1. The van der Waals surface area contributed by atoms with Gasteiger partial charge in [-0.15, -0.1) is 0 Å². The predicted octanol–water partition coefficient (Wildman–Crippen LogP) is 1.80. The molecule has 1 aromatic rings. The second kappa shape index (κ2) is 11.3. The van der Waals surface area contributed by atoms with Crippen molar-refractivity contribution in [3.8, 4) is 0 Å². The van der Waals surface area contributed by atoms with Gasteiger partial charge in [0, 0.05) is 52.2 Å². The van der Waals surface area contributed by atoms with Crippen LogP contribution in [0.15, 0.2) is 35.3 Å². The monoisotopic (exact) mass is 415 g/mol. The van der Waals surface area contributed by atoms with Crippen molar-refractivity contribution in [1.29, 1.82) is 0 Å². The fourth-order valence-corrected chi connectivity index (χ4v) is 4.36. The quantitative estimate of drug-likeness (QED) is 0.518. The molecule has 2 saturated heterocycles. The van der Waals surface area contributed by atoms with E-state index in [1.807, 2.05) is 18.7 Å². The highest BCUT2D eigenvalue weighted by atomic mass is 16.5. The van der Waals surface area contributed by atoms with Gasteiger partial charge in [-0.05, 0) is 26.3 Å². The molecule has 2 atom stereocenters. The summed E-state index contributed by atoms with van der Waals surface area (Å²) < 4.78 is 6.10. The Morgan fingerprint density at radius 3 is 2.67 bits per heavy atom. The lowest BCUT2D eigenvalue weighted by Crippen LogP contribution is -2.50. The molecule has 2 fully saturated rings. The van der Waals surface area contributed by atoms with Gasteiger partial charge in [0.15, 0.2) is 5.96 Å². The molecule has 2 heterocycles. The first-order valence-electron chi connectivity index (χ1n) is 11.4. The number of hydrogen-bond acceptors (Lipinski definition) is 4. The van der Waals surface area contributed by atoms with Crippen molar-refractivity contribution in [1.82, 2.24) is 20.0 Å². The van der Waals surface area contributed by atoms with Crippen molar-refractivity contribution in [2.45, 2.75) is 45.9 Å². The number of hydrogen-bond donors (Lipinski definition) is 1. The summed E-state index contributed by atoms with van der Waals surface area (Å²) in [4.78, 5) is 23.7. The predicted molar refractivity (Wildman–Crippen MR) is 120 cm³/mol. The number of aliphatic imine (C=N–C) groups is 1. The van der Waals surface area contributed by atoms with Crippen LogP contribution < -0.4 is 5.32 Å². The Bertz CT molecular complexity index is 692. The van der Waals surface area contributed by atoms with Crippen molar-refractivity contribution in [2.75, 3.05) is 52.4 Å². The van der Waals surface area contributed by atoms with Gasteiger partial charge in [-0.3, -0.25) is 14.7 Å². The molecule has 1 aromatic carbocycles. The van der Waals surface area contributed by atoms with E-state index < -0.39 is 0 Å². The van der Waals surface area contributed by atoms with Gasteiger partial charge in [0.25, 0.3) is 0 Å². The van der Waals surface area contributed by atoms with Gasteiger partial charge < -0.3 is 19.9 Å². The van der Waals surface area contributed by atoms with Crippen molar-refractivity contribution in [2.24, 2.45) is 4.99 Å². The largest absolute Gasteiger partial charge is 0.373 e. The highest BCUT2D eigenvalue weighted by Crippen LogP contribution is 2.24. The number of carbonyl (C=O) groups excluding carboxylic acids is 1. The van der Waals surface area contributed by atoms with Crippen LogP contribution in [0.5, 0.6) is 0 Å². The summed E-state index contributed by atoms with van der Waals surface area (Å²) in [5.41, 5.74) is 1.34. The molecule has 0 bridgehead atoms. The van der Waals surface area contributed by atoms with E-state index in [2.05, 4.69) is 52.4 Å². The van der Waals surface area contributed by atoms with Crippen LogP contribution in [0.4, 0.5) is 0 Å². The van der Waals surface area contributed by atoms with E-state index in [0.717, 1.165) is 58.4 Å². The van der Waals surface area contributed by atoms with Crippen molar-refractivity contribution in [3.63, 3.8) is 0 Å². The minimum atomic E-state index is 0.173. The summed E-state index contributed by atoms with van der Waals surface area (Å²) in [5, 5.41) is 3.41. The van der Waals surface area contributed by atoms with E-state index in [0.29, 0.717) is 19.0 Å². The molecule has 3 rings (SSSR count). The fourth-order valence-electron chi connectivity index (χ4n) is 4.36. The van der Waals surface area contributed by atoms with Crippen molar-refractivity contribution in [3.05, 3.63) is 35.9 Å². The first kappa shape index (κ1) is 22.6. The molecule has 2 aliphatic heterocycles. The van der Waals surface area contributed by atoms with E-state index in [4.69, 9.17) is 9.73 Å². The summed E-state index contributed by atoms with van der Waals surface area (Å²) in [6.07, 6.45) is 0.650. The van der Waals surface area contributed by atoms with Crippen LogP contribution in [-0.4, -0.2) is 91.1 Å². The highest BCUT2D eigenvalue weighted by molar-refractivity contribution is 5.81. The number of morpholine rings is 1. The van der Waals surface area contributed by atoms with E-state index in [9.17, 15) is 4.79 Å². The molecule has 0 aromatic heterocycles. The molecule has 2 aliphatic rings. The zero-order valence-electron chi connectivity index (χ0n) is 18.7. The molecule has 1 N–H and O–H groups in total. The first-order valence-corrected chi connectivity index (χ1v) is 11.4. The van der Waals surface area contributed by atoms with Gasteiger partial charge in [-0.25, -0.2) is 0 Å². The average Bonchev–Trinajstić information content (AvgIpc) is 3.20. The third kappa shape index (κ3) is 5.73. The summed E-state index contributed by atoms with van der Waals surface area (Å²) in [6.45, 7) is 13.4. The standard InChI is InChI=1S/C23H37N5O2/c1-4-24-23(25-13-12-22(29)26(5-2)6-3)28-17-20-21(18-28)30-15-14-27(20)16-19-10-8-7-9-11-19/h7-11,20-21H,4-6,12-18H2,1-3H3,(H,24,25). The summed E-state index contributed by atoms with van der Waals surface area (Å²) in [6, 6.07) is 11.0. The van der Waals surface area contributed by atoms with Gasteiger partial charge in [0.1, 0.15) is 0 Å². The lowest BCUT2D eigenvalue weighted by atomic mass is 10.1. The molecule has 166 valence electrons. The molecule has 1 amide bonds. The highest BCUT2D eigenvalue weighted by Gasteiger charge is 2.41. The first-order chi connectivity index (χ1) is 14.7. The molecule has 0 radical (unpaired) electrons. The number of fused-ring (bicyclic) bond motifs is 1. The van der Waals surface area contributed by atoms with Gasteiger partial charge in [-0.1, -0.05) is 30.3 Å². The summed E-state index contributed by atoms with van der Waals surface area (Å²) in [5.74, 6) is 1.06. The van der Waals surface area contributed by atoms with Gasteiger partial charge >= 0.3 is 0 Å². The number of amides is 1. The van der Waals surface area contributed by atoms with Crippen LogP contribution in [0.1, 0.15) is 32.8 Å². The van der Waals surface area contributed by atoms with Crippen molar-refractivity contribution < 1.29 is 9.53 Å². The molecule has 30 heavy (non-hydrogen) atoms. The van der Waals surface area contributed by atoms with E-state index in [1.165, 1.54) is 5.56 Å². The summed E-state index contributed by atoms with van der Waals surface area (Å²) >= 11 is 0. The van der Waals surface area contributed by atoms with E-state index >= 15 is 0 Å². The van der Waals surface area contributed by atoms with Gasteiger partial charge in [-0.2, -0.15) is 0 Å². The lowest BCUT2D eigenvalue weighted by Gasteiger charge is -2.36. The Morgan fingerprint density at radius 2 is 1.97 bits per heavy atom. The van der Waals surface area contributed by atoms with Crippen LogP contribution in [0, 0.1) is 0 Å². The number of rotatable bonds is 8. The Labute approximate surface area is 181 Å². The number of guanidine groups is 1. The van der Waals surface area contributed by atoms with Crippen LogP contribution in [0.25, 0.3) is 0 Å². The molecular formula is C23H37N5O2. The number of likely N-dealkylation sites (tertiary alicyclic amines) is 1. The normalized spacial score (nSPS) is 22.1. The molecule has 7 heteroatoms. The average molecular weight is 416 g/mol. The molecule has 2 unspecified atom stereocenters. The molecule has 0 saturated carbocycles. The van der Waals surface area contributed by atoms with Crippen LogP contribution in [0.2, 0.25) is 0 Å². The Hall–Kier alpha value is -2.12. The smallest absolute Gasteiger partial charge is 0.224 e. The molecule has 7 nitrogen and oxygen atoms in total. The molecular weight excluding hydrogens is 378 g/mol. The minimum absolute atomic E-state index is 0.173. The minimum Gasteiger partial charge on any atom is -0.373 e. The summed E-state index contributed by atoms with van der Waals surface area (Å²) in [7, 11) is 0. The Morgan fingerprint density at radius 1 is 1.20 bits per heavy atom. The van der Waals surface area contributed by atoms with Gasteiger partial charge in [0.05, 0.1) is 25.3 Å². The zero-order chi connectivity index (χ0) is 21.3. The molecule has 0 spiro atoms. The van der Waals surface area contributed by atoms with Crippen LogP contribution >= 0.6 is 0 Å². The van der Waals surface area contributed by atoms with Gasteiger partial charge in [0.2, 0.25) is 5.91 Å². The third-order valence-corrected chi connectivity index (χ3v) is 5.98.